The molecule has 66 valence electrons. The second-order valence-corrected chi connectivity index (χ2v) is 2.73. The number of hydrogen-bond acceptors (Lipinski definition) is 2. The number of unbranched alkanes of at least 4 members (excludes halogenated alkanes) is 5. The minimum absolute atomic E-state index is 0.732. The predicted octanol–water partition coefficient (Wildman–Crippen LogP) is 2.98. The van der Waals surface area contributed by atoms with Gasteiger partial charge in [0.25, 0.3) is 0 Å². The van der Waals surface area contributed by atoms with Crippen LogP contribution >= 0.6 is 0 Å². The van der Waals surface area contributed by atoms with E-state index in [9.17, 15) is 0 Å². The summed E-state index contributed by atoms with van der Waals surface area (Å²) in [5.74, 6) is 0. The van der Waals surface area contributed by atoms with Gasteiger partial charge in [0.05, 0.1) is 0 Å². The SMILES string of the molecule is C=NOCCCCCCCC. The topological polar surface area (TPSA) is 21.6 Å². The molecule has 0 radical (unpaired) electrons. The molecule has 0 aliphatic carbocycles. The third kappa shape index (κ3) is 9.47. The van der Waals surface area contributed by atoms with Crippen LogP contribution in [-0.4, -0.2) is 13.3 Å². The van der Waals surface area contributed by atoms with Crippen molar-refractivity contribution in [3.05, 3.63) is 0 Å². The number of hydrogen-bond donors (Lipinski definition) is 0. The van der Waals surface area contributed by atoms with Crippen LogP contribution in [0, 0.1) is 0 Å². The third-order valence-electron chi connectivity index (χ3n) is 1.68. The minimum atomic E-state index is 0.732. The van der Waals surface area contributed by atoms with Crippen LogP contribution < -0.4 is 0 Å². The van der Waals surface area contributed by atoms with Gasteiger partial charge in [-0.05, 0) is 12.8 Å². The Hall–Kier alpha value is -0.530. The summed E-state index contributed by atoms with van der Waals surface area (Å²) in [4.78, 5) is 4.75. The van der Waals surface area contributed by atoms with E-state index in [1.807, 2.05) is 0 Å². The van der Waals surface area contributed by atoms with Gasteiger partial charge in [-0.1, -0.05) is 32.6 Å². The Morgan fingerprint density at radius 1 is 1.09 bits per heavy atom. The van der Waals surface area contributed by atoms with Crippen molar-refractivity contribution in [2.45, 2.75) is 45.4 Å². The first-order valence-corrected chi connectivity index (χ1v) is 4.49. The minimum Gasteiger partial charge on any atom is -0.396 e. The molecule has 0 aliphatic rings. The first kappa shape index (κ1) is 10.5. The molecule has 2 heteroatoms. The van der Waals surface area contributed by atoms with Gasteiger partial charge in [-0.25, -0.2) is 0 Å². The third-order valence-corrected chi connectivity index (χ3v) is 1.68. The van der Waals surface area contributed by atoms with Gasteiger partial charge in [0.2, 0.25) is 0 Å². The Kier molecular flexibility index (Phi) is 9.01. The van der Waals surface area contributed by atoms with Crippen molar-refractivity contribution in [3.8, 4) is 0 Å². The summed E-state index contributed by atoms with van der Waals surface area (Å²) < 4.78 is 0. The fraction of sp³-hybridized carbons (Fsp3) is 0.889. The second-order valence-electron chi connectivity index (χ2n) is 2.73. The van der Waals surface area contributed by atoms with Crippen molar-refractivity contribution in [1.29, 1.82) is 0 Å². The van der Waals surface area contributed by atoms with Crippen molar-refractivity contribution < 1.29 is 4.84 Å². The summed E-state index contributed by atoms with van der Waals surface area (Å²) in [6.45, 7) is 6.19. The summed E-state index contributed by atoms with van der Waals surface area (Å²) in [6, 6.07) is 0. The van der Waals surface area contributed by atoms with Crippen LogP contribution in [0.4, 0.5) is 0 Å². The summed E-state index contributed by atoms with van der Waals surface area (Å²) in [5, 5.41) is 3.32. The average Bonchev–Trinajstić information content (AvgIpc) is 2.03. The Balaban J connectivity index is 2.74. The molecule has 0 bridgehead atoms. The zero-order chi connectivity index (χ0) is 8.36. The van der Waals surface area contributed by atoms with E-state index in [2.05, 4.69) is 18.8 Å². The van der Waals surface area contributed by atoms with E-state index in [0.29, 0.717) is 0 Å². The van der Waals surface area contributed by atoms with E-state index in [1.54, 1.807) is 0 Å². The lowest BCUT2D eigenvalue weighted by Crippen LogP contribution is -1.87. The first-order valence-electron chi connectivity index (χ1n) is 4.49. The van der Waals surface area contributed by atoms with Crippen LogP contribution in [0.1, 0.15) is 45.4 Å². The maximum Gasteiger partial charge on any atom is 0.117 e. The summed E-state index contributed by atoms with van der Waals surface area (Å²) in [7, 11) is 0. The van der Waals surface area contributed by atoms with Gasteiger partial charge in [0.15, 0.2) is 0 Å². The lowest BCUT2D eigenvalue weighted by molar-refractivity contribution is 0.142. The molecule has 0 aromatic carbocycles. The van der Waals surface area contributed by atoms with E-state index < -0.39 is 0 Å². The van der Waals surface area contributed by atoms with E-state index >= 15 is 0 Å². The second kappa shape index (κ2) is 9.47. The molecule has 0 aliphatic heterocycles. The van der Waals surface area contributed by atoms with Gasteiger partial charge in [0.1, 0.15) is 6.61 Å². The molecule has 0 saturated carbocycles. The van der Waals surface area contributed by atoms with Crippen LogP contribution in [0.2, 0.25) is 0 Å². The molecule has 0 rings (SSSR count). The Morgan fingerprint density at radius 3 is 2.36 bits per heavy atom. The van der Waals surface area contributed by atoms with E-state index in [4.69, 9.17) is 4.84 Å². The highest BCUT2D eigenvalue weighted by Crippen LogP contribution is 2.04. The van der Waals surface area contributed by atoms with Crippen LogP contribution in [0.3, 0.4) is 0 Å². The quantitative estimate of drug-likeness (QED) is 0.301. The number of oxime groups is 1. The molecule has 11 heavy (non-hydrogen) atoms. The van der Waals surface area contributed by atoms with Gasteiger partial charge in [-0.3, -0.25) is 0 Å². The van der Waals surface area contributed by atoms with E-state index in [-0.39, 0.29) is 0 Å². The standard InChI is InChI=1S/C9H19NO/c1-3-4-5-6-7-8-9-11-10-2/h2-9H2,1H3. The highest BCUT2D eigenvalue weighted by Gasteiger charge is 1.88. The zero-order valence-corrected chi connectivity index (χ0v) is 7.51. The van der Waals surface area contributed by atoms with E-state index in [0.717, 1.165) is 13.0 Å². The van der Waals surface area contributed by atoms with Crippen molar-refractivity contribution >= 4 is 6.72 Å². The fourth-order valence-corrected chi connectivity index (χ4v) is 1.01. The van der Waals surface area contributed by atoms with Crippen molar-refractivity contribution in [2.24, 2.45) is 5.16 Å². The Bertz CT molecular complexity index is 83.6. The van der Waals surface area contributed by atoms with Crippen LogP contribution in [0.25, 0.3) is 0 Å². The summed E-state index contributed by atoms with van der Waals surface area (Å²) in [6.07, 6.45) is 7.73. The largest absolute Gasteiger partial charge is 0.396 e. The van der Waals surface area contributed by atoms with Crippen LogP contribution in [0.15, 0.2) is 5.16 Å². The van der Waals surface area contributed by atoms with Gasteiger partial charge in [0, 0.05) is 6.72 Å². The Labute approximate surface area is 69.6 Å². The van der Waals surface area contributed by atoms with Gasteiger partial charge >= 0.3 is 0 Å². The van der Waals surface area contributed by atoms with Crippen LogP contribution in [0.5, 0.6) is 0 Å². The maximum atomic E-state index is 4.75. The molecule has 0 heterocycles. The molecule has 0 amide bonds. The maximum absolute atomic E-state index is 4.75. The fourth-order valence-electron chi connectivity index (χ4n) is 1.01. The average molecular weight is 157 g/mol. The highest BCUT2D eigenvalue weighted by atomic mass is 16.6. The van der Waals surface area contributed by atoms with E-state index in [1.165, 1.54) is 32.1 Å². The summed E-state index contributed by atoms with van der Waals surface area (Å²) >= 11 is 0. The first-order chi connectivity index (χ1) is 5.41. The Morgan fingerprint density at radius 2 is 1.73 bits per heavy atom. The van der Waals surface area contributed by atoms with Crippen molar-refractivity contribution in [3.63, 3.8) is 0 Å². The van der Waals surface area contributed by atoms with Gasteiger partial charge < -0.3 is 4.84 Å². The zero-order valence-electron chi connectivity index (χ0n) is 7.51. The molecule has 0 fully saturated rings. The molecular formula is C9H19NO. The lowest BCUT2D eigenvalue weighted by atomic mass is 10.1. The monoisotopic (exact) mass is 157 g/mol. The lowest BCUT2D eigenvalue weighted by Gasteiger charge is -1.98. The molecule has 2 nitrogen and oxygen atoms in total. The number of rotatable bonds is 8. The van der Waals surface area contributed by atoms with Gasteiger partial charge in [-0.2, -0.15) is 0 Å². The van der Waals surface area contributed by atoms with Gasteiger partial charge in [-0.15, -0.1) is 5.16 Å². The molecular weight excluding hydrogens is 138 g/mol. The summed E-state index contributed by atoms with van der Waals surface area (Å²) in [5.41, 5.74) is 0. The smallest absolute Gasteiger partial charge is 0.117 e. The molecule has 0 aromatic rings. The van der Waals surface area contributed by atoms with Crippen molar-refractivity contribution in [1.82, 2.24) is 0 Å². The number of nitrogens with zero attached hydrogens (tertiary/aromatic N) is 1. The highest BCUT2D eigenvalue weighted by molar-refractivity contribution is 5.21. The molecule has 0 atom stereocenters. The molecule has 0 unspecified atom stereocenters. The predicted molar refractivity (Wildman–Crippen MR) is 48.9 cm³/mol. The molecule has 0 aromatic heterocycles. The normalized spacial score (nSPS) is 9.55. The molecule has 0 saturated heterocycles. The van der Waals surface area contributed by atoms with Crippen molar-refractivity contribution in [2.75, 3.05) is 6.61 Å². The molecule has 0 spiro atoms. The van der Waals surface area contributed by atoms with Crippen LogP contribution in [-0.2, 0) is 4.84 Å². The molecule has 0 N–H and O–H groups in total.